The number of aliphatic hydroxyl groups excluding tert-OH is 1. The van der Waals surface area contributed by atoms with Crippen molar-refractivity contribution in [3.8, 4) is 11.8 Å². The quantitative estimate of drug-likeness (QED) is 0.618. The molecule has 110 valence electrons. The summed E-state index contributed by atoms with van der Waals surface area (Å²) >= 11 is 1.40. The number of likely N-dealkylation sites (N-methyl/N-ethyl adjacent to an activating group) is 1. The van der Waals surface area contributed by atoms with Gasteiger partial charge in [-0.2, -0.15) is 0 Å². The smallest absolute Gasteiger partial charge is 0.265 e. The zero-order chi connectivity index (χ0) is 14.8. The molecule has 1 N–H and O–H groups in total. The Labute approximate surface area is 124 Å². The largest absolute Gasteiger partial charge is 0.395 e. The van der Waals surface area contributed by atoms with Crippen LogP contribution >= 0.6 is 11.3 Å². The number of aliphatic hydroxyl groups is 1. The van der Waals surface area contributed by atoms with Gasteiger partial charge in [0, 0.05) is 31.7 Å². The first-order valence-electron chi connectivity index (χ1n) is 6.78. The van der Waals surface area contributed by atoms with Crippen molar-refractivity contribution >= 4 is 17.2 Å². The minimum absolute atomic E-state index is 0.00417. The first-order chi connectivity index (χ1) is 9.74. The van der Waals surface area contributed by atoms with Crippen LogP contribution in [0.2, 0.25) is 0 Å². The molecule has 0 bridgehead atoms. The molecule has 0 aromatic carbocycles. The summed E-state index contributed by atoms with van der Waals surface area (Å²) in [5, 5.41) is 10.6. The average Bonchev–Trinajstić information content (AvgIpc) is 2.92. The van der Waals surface area contributed by atoms with E-state index >= 15 is 0 Å². The van der Waals surface area contributed by atoms with Crippen LogP contribution in [0.3, 0.4) is 0 Å². The molecule has 0 spiro atoms. The third-order valence-electron chi connectivity index (χ3n) is 2.70. The molecule has 0 fully saturated rings. The first kappa shape index (κ1) is 16.7. The van der Waals surface area contributed by atoms with E-state index in [1.165, 1.54) is 11.3 Å². The van der Waals surface area contributed by atoms with Gasteiger partial charge in [-0.05, 0) is 25.3 Å². The second-order valence-electron chi connectivity index (χ2n) is 4.02. The van der Waals surface area contributed by atoms with Gasteiger partial charge in [0.2, 0.25) is 0 Å². The number of amides is 1. The Morgan fingerprint density at radius 2 is 2.30 bits per heavy atom. The summed E-state index contributed by atoms with van der Waals surface area (Å²) in [4.78, 5) is 14.9. The highest BCUT2D eigenvalue weighted by atomic mass is 32.1. The van der Waals surface area contributed by atoms with Crippen LogP contribution in [0.15, 0.2) is 11.4 Å². The Balaban J connectivity index is 2.75. The molecular formula is C15H21NO3S. The molecule has 20 heavy (non-hydrogen) atoms. The zero-order valence-corrected chi connectivity index (χ0v) is 12.8. The second kappa shape index (κ2) is 9.54. The van der Waals surface area contributed by atoms with E-state index in [1.54, 1.807) is 4.90 Å². The summed E-state index contributed by atoms with van der Waals surface area (Å²) in [5.74, 6) is 5.79. The molecule has 0 aliphatic carbocycles. The second-order valence-corrected chi connectivity index (χ2v) is 4.94. The molecule has 4 nitrogen and oxygen atoms in total. The van der Waals surface area contributed by atoms with Gasteiger partial charge in [-0.3, -0.25) is 4.79 Å². The van der Waals surface area contributed by atoms with E-state index in [-0.39, 0.29) is 12.5 Å². The van der Waals surface area contributed by atoms with Crippen LogP contribution in [0.1, 0.15) is 35.5 Å². The first-order valence-corrected chi connectivity index (χ1v) is 7.66. The molecule has 1 aromatic rings. The van der Waals surface area contributed by atoms with Crippen molar-refractivity contribution in [2.45, 2.75) is 20.3 Å². The average molecular weight is 295 g/mol. The normalized spacial score (nSPS) is 9.95. The number of hydrogen-bond donors (Lipinski definition) is 1. The molecule has 0 radical (unpaired) electrons. The molecular weight excluding hydrogens is 274 g/mol. The molecule has 0 unspecified atom stereocenters. The van der Waals surface area contributed by atoms with Crippen molar-refractivity contribution in [3.63, 3.8) is 0 Å². The number of carbonyl (C=O) groups is 1. The van der Waals surface area contributed by atoms with Crippen molar-refractivity contribution in [2.24, 2.45) is 0 Å². The van der Waals surface area contributed by atoms with E-state index in [1.807, 2.05) is 25.3 Å². The fourth-order valence-corrected chi connectivity index (χ4v) is 2.47. The van der Waals surface area contributed by atoms with Gasteiger partial charge in [-0.25, -0.2) is 0 Å². The van der Waals surface area contributed by atoms with E-state index in [4.69, 9.17) is 9.84 Å². The van der Waals surface area contributed by atoms with Crippen LogP contribution in [0.4, 0.5) is 0 Å². The lowest BCUT2D eigenvalue weighted by atomic mass is 10.2. The van der Waals surface area contributed by atoms with Crippen molar-refractivity contribution in [1.29, 1.82) is 0 Å². The predicted octanol–water partition coefficient (Wildman–Crippen LogP) is 1.98. The summed E-state index contributed by atoms with van der Waals surface area (Å²) < 4.78 is 5.30. The van der Waals surface area contributed by atoms with Crippen LogP contribution in [0.5, 0.6) is 0 Å². The lowest BCUT2D eigenvalue weighted by Gasteiger charge is -2.20. The van der Waals surface area contributed by atoms with Crippen molar-refractivity contribution in [3.05, 3.63) is 21.9 Å². The highest BCUT2D eigenvalue weighted by Gasteiger charge is 2.18. The maximum Gasteiger partial charge on any atom is 0.265 e. The lowest BCUT2D eigenvalue weighted by molar-refractivity contribution is 0.0673. The molecule has 0 aliphatic heterocycles. The fraction of sp³-hybridized carbons (Fsp3) is 0.533. The molecule has 0 aliphatic rings. The lowest BCUT2D eigenvalue weighted by Crippen LogP contribution is -2.33. The molecule has 1 heterocycles. The number of thiophene rings is 1. The minimum atomic E-state index is -0.00417. The van der Waals surface area contributed by atoms with Crippen molar-refractivity contribution in [1.82, 2.24) is 4.90 Å². The molecule has 0 atom stereocenters. The highest BCUT2D eigenvalue weighted by Crippen LogP contribution is 2.18. The van der Waals surface area contributed by atoms with Gasteiger partial charge in [-0.1, -0.05) is 11.8 Å². The van der Waals surface area contributed by atoms with Crippen molar-refractivity contribution in [2.75, 3.05) is 32.9 Å². The maximum atomic E-state index is 12.4. The van der Waals surface area contributed by atoms with Gasteiger partial charge in [0.1, 0.15) is 4.88 Å². The maximum absolute atomic E-state index is 12.4. The number of nitrogens with zero attached hydrogens (tertiary/aromatic N) is 1. The molecule has 5 heteroatoms. The Morgan fingerprint density at radius 1 is 1.50 bits per heavy atom. The standard InChI is InChI=1S/C15H21NO3S/c1-3-16(9-11-19-4-2)15(18)14-13(8-12-20-14)7-5-6-10-17/h8,12,17H,3-4,6,9-11H2,1-2H3. The summed E-state index contributed by atoms with van der Waals surface area (Å²) in [6, 6.07) is 1.85. The number of carbonyl (C=O) groups excluding carboxylic acids is 1. The van der Waals surface area contributed by atoms with Crippen LogP contribution < -0.4 is 0 Å². The summed E-state index contributed by atoms with van der Waals surface area (Å²) in [5.41, 5.74) is 0.739. The molecule has 0 saturated heterocycles. The third-order valence-corrected chi connectivity index (χ3v) is 3.60. The van der Waals surface area contributed by atoms with Gasteiger partial charge in [0.15, 0.2) is 0 Å². The summed E-state index contributed by atoms with van der Waals surface area (Å²) in [6.45, 7) is 6.37. The Bertz CT molecular complexity index is 473. The van der Waals surface area contributed by atoms with Gasteiger partial charge < -0.3 is 14.7 Å². The number of hydrogen-bond acceptors (Lipinski definition) is 4. The zero-order valence-electron chi connectivity index (χ0n) is 12.0. The molecule has 1 rings (SSSR count). The fourth-order valence-electron chi connectivity index (χ4n) is 1.65. The van der Waals surface area contributed by atoms with Crippen LogP contribution in [-0.2, 0) is 4.74 Å². The summed E-state index contributed by atoms with van der Waals surface area (Å²) in [6.07, 6.45) is 0.422. The Morgan fingerprint density at radius 3 is 2.95 bits per heavy atom. The topological polar surface area (TPSA) is 49.8 Å². The summed E-state index contributed by atoms with van der Waals surface area (Å²) in [7, 11) is 0. The Kier molecular flexibility index (Phi) is 7.97. The monoisotopic (exact) mass is 295 g/mol. The van der Waals surface area contributed by atoms with Crippen LogP contribution in [0.25, 0.3) is 0 Å². The van der Waals surface area contributed by atoms with Crippen LogP contribution in [0, 0.1) is 11.8 Å². The number of rotatable bonds is 7. The van der Waals surface area contributed by atoms with Gasteiger partial charge in [0.25, 0.3) is 5.91 Å². The van der Waals surface area contributed by atoms with Gasteiger partial charge in [-0.15, -0.1) is 11.3 Å². The van der Waals surface area contributed by atoms with Gasteiger partial charge in [0.05, 0.1) is 13.2 Å². The number of ether oxygens (including phenoxy) is 1. The molecule has 1 amide bonds. The van der Waals surface area contributed by atoms with E-state index in [9.17, 15) is 4.79 Å². The third kappa shape index (κ3) is 4.97. The van der Waals surface area contributed by atoms with E-state index in [0.717, 1.165) is 5.56 Å². The SMILES string of the molecule is CCOCCN(CC)C(=O)c1sccc1C#CCCO. The van der Waals surface area contributed by atoms with Crippen LogP contribution in [-0.4, -0.2) is 48.8 Å². The highest BCUT2D eigenvalue weighted by molar-refractivity contribution is 7.12. The molecule has 0 saturated carbocycles. The van der Waals surface area contributed by atoms with Gasteiger partial charge >= 0.3 is 0 Å². The van der Waals surface area contributed by atoms with E-state index in [2.05, 4.69) is 11.8 Å². The Hall–Kier alpha value is -1.35. The van der Waals surface area contributed by atoms with E-state index < -0.39 is 0 Å². The predicted molar refractivity (Wildman–Crippen MR) is 81.0 cm³/mol. The molecule has 1 aromatic heterocycles. The van der Waals surface area contributed by atoms with E-state index in [0.29, 0.717) is 37.6 Å². The minimum Gasteiger partial charge on any atom is -0.395 e. The van der Waals surface area contributed by atoms with Crippen molar-refractivity contribution < 1.29 is 14.6 Å².